The van der Waals surface area contributed by atoms with Crippen molar-refractivity contribution in [2.24, 2.45) is 5.92 Å². The fraction of sp³-hybridized carbons (Fsp3) is 0.769. The molecule has 0 spiro atoms. The predicted octanol–water partition coefficient (Wildman–Crippen LogP) is 1.53. The van der Waals surface area contributed by atoms with Gasteiger partial charge < -0.3 is 10.4 Å². The van der Waals surface area contributed by atoms with Gasteiger partial charge in [-0.25, -0.2) is 4.79 Å². The first-order chi connectivity index (χ1) is 9.16. The van der Waals surface area contributed by atoms with Crippen LogP contribution in [0.3, 0.4) is 0 Å². The smallest absolute Gasteiger partial charge is 0.358 e. The first-order valence-electron chi connectivity index (χ1n) is 7.03. The Bertz CT molecular complexity index is 413. The van der Waals surface area contributed by atoms with Gasteiger partial charge in [0.05, 0.1) is 12.7 Å². The first kappa shape index (κ1) is 14.0. The Balaban J connectivity index is 1.71. The van der Waals surface area contributed by atoms with Gasteiger partial charge in [-0.15, -0.1) is 5.10 Å². The summed E-state index contributed by atoms with van der Waals surface area (Å²) in [6, 6.07) is 0.516. The standard InChI is InChI=1S/C13H22N4O2/c1-10(11-5-3-2-4-6-11)14-7-8-17-9-12(13(18)19)15-16-17/h9-11,14H,2-8H2,1H3,(H,18,19)/t10-/m1/s1. The molecule has 0 radical (unpaired) electrons. The number of nitrogens with one attached hydrogen (secondary N) is 1. The van der Waals surface area contributed by atoms with E-state index in [0.29, 0.717) is 12.6 Å². The van der Waals surface area contributed by atoms with E-state index in [0.717, 1.165) is 12.5 Å². The Hall–Kier alpha value is -1.43. The zero-order chi connectivity index (χ0) is 13.7. The van der Waals surface area contributed by atoms with Gasteiger partial charge in [0.25, 0.3) is 0 Å². The summed E-state index contributed by atoms with van der Waals surface area (Å²) in [5.74, 6) is -0.256. The molecular formula is C13H22N4O2. The molecule has 1 aromatic heterocycles. The van der Waals surface area contributed by atoms with Gasteiger partial charge >= 0.3 is 5.97 Å². The Morgan fingerprint density at radius 3 is 2.89 bits per heavy atom. The van der Waals surface area contributed by atoms with Gasteiger partial charge in [-0.3, -0.25) is 4.68 Å². The first-order valence-corrected chi connectivity index (χ1v) is 7.03. The average molecular weight is 266 g/mol. The van der Waals surface area contributed by atoms with Crippen LogP contribution in [0.1, 0.15) is 49.5 Å². The van der Waals surface area contributed by atoms with Crippen molar-refractivity contribution >= 4 is 5.97 Å². The average Bonchev–Trinajstić information content (AvgIpc) is 2.89. The van der Waals surface area contributed by atoms with Crippen molar-refractivity contribution < 1.29 is 9.90 Å². The summed E-state index contributed by atoms with van der Waals surface area (Å²) in [5.41, 5.74) is 0.000305. The van der Waals surface area contributed by atoms with Gasteiger partial charge in [0.1, 0.15) is 0 Å². The van der Waals surface area contributed by atoms with Crippen LogP contribution in [0.5, 0.6) is 0 Å². The van der Waals surface area contributed by atoms with Crippen LogP contribution in [0, 0.1) is 5.92 Å². The van der Waals surface area contributed by atoms with E-state index in [1.165, 1.54) is 38.3 Å². The number of aromatic nitrogens is 3. The highest BCUT2D eigenvalue weighted by atomic mass is 16.4. The lowest BCUT2D eigenvalue weighted by Gasteiger charge is -2.28. The summed E-state index contributed by atoms with van der Waals surface area (Å²) in [5, 5.41) is 19.6. The van der Waals surface area contributed by atoms with Crippen molar-refractivity contribution in [1.29, 1.82) is 0 Å². The van der Waals surface area contributed by atoms with E-state index in [1.54, 1.807) is 4.68 Å². The molecule has 0 bridgehead atoms. The number of hydrogen-bond acceptors (Lipinski definition) is 4. The third kappa shape index (κ3) is 4.02. The summed E-state index contributed by atoms with van der Waals surface area (Å²) < 4.78 is 1.57. The van der Waals surface area contributed by atoms with E-state index in [2.05, 4.69) is 22.6 Å². The van der Waals surface area contributed by atoms with E-state index in [1.807, 2.05) is 0 Å². The number of aromatic carboxylic acids is 1. The highest BCUT2D eigenvalue weighted by Crippen LogP contribution is 2.26. The maximum absolute atomic E-state index is 10.7. The number of carbonyl (C=O) groups is 1. The monoisotopic (exact) mass is 266 g/mol. The van der Waals surface area contributed by atoms with Gasteiger partial charge in [0.15, 0.2) is 5.69 Å². The Labute approximate surface area is 113 Å². The molecule has 1 heterocycles. The molecule has 0 aliphatic heterocycles. The van der Waals surface area contributed by atoms with Crippen LogP contribution in [-0.2, 0) is 6.54 Å². The highest BCUT2D eigenvalue weighted by Gasteiger charge is 2.19. The van der Waals surface area contributed by atoms with Gasteiger partial charge in [0.2, 0.25) is 0 Å². The van der Waals surface area contributed by atoms with Crippen LogP contribution in [-0.4, -0.2) is 38.7 Å². The van der Waals surface area contributed by atoms with Crippen molar-refractivity contribution in [3.63, 3.8) is 0 Å². The van der Waals surface area contributed by atoms with Crippen molar-refractivity contribution in [2.75, 3.05) is 6.54 Å². The van der Waals surface area contributed by atoms with Crippen LogP contribution in [0.25, 0.3) is 0 Å². The predicted molar refractivity (Wildman–Crippen MR) is 71.0 cm³/mol. The minimum absolute atomic E-state index is 0.000305. The summed E-state index contributed by atoms with van der Waals surface area (Å²) in [6.45, 7) is 3.68. The lowest BCUT2D eigenvalue weighted by atomic mass is 9.84. The number of hydrogen-bond donors (Lipinski definition) is 2. The Morgan fingerprint density at radius 2 is 2.26 bits per heavy atom. The molecule has 106 valence electrons. The van der Waals surface area contributed by atoms with Crippen LogP contribution < -0.4 is 5.32 Å². The molecule has 0 aromatic carbocycles. The lowest BCUT2D eigenvalue weighted by Crippen LogP contribution is -2.36. The molecule has 1 aromatic rings. The summed E-state index contributed by atoms with van der Waals surface area (Å²) in [7, 11) is 0. The summed E-state index contributed by atoms with van der Waals surface area (Å²) >= 11 is 0. The SMILES string of the molecule is C[C@@H](NCCn1cc(C(=O)O)nn1)C1CCCCC1. The second-order valence-electron chi connectivity index (χ2n) is 5.31. The molecule has 1 fully saturated rings. The molecule has 1 aliphatic rings. The van der Waals surface area contributed by atoms with E-state index in [4.69, 9.17) is 5.11 Å². The van der Waals surface area contributed by atoms with Crippen LogP contribution in [0.15, 0.2) is 6.20 Å². The molecule has 19 heavy (non-hydrogen) atoms. The second-order valence-corrected chi connectivity index (χ2v) is 5.31. The zero-order valence-corrected chi connectivity index (χ0v) is 11.4. The van der Waals surface area contributed by atoms with Crippen molar-refractivity contribution in [3.8, 4) is 0 Å². The maximum Gasteiger partial charge on any atom is 0.358 e. The van der Waals surface area contributed by atoms with Crippen LogP contribution >= 0.6 is 0 Å². The lowest BCUT2D eigenvalue weighted by molar-refractivity contribution is 0.0690. The fourth-order valence-corrected chi connectivity index (χ4v) is 2.71. The Morgan fingerprint density at radius 1 is 1.53 bits per heavy atom. The zero-order valence-electron chi connectivity index (χ0n) is 11.4. The van der Waals surface area contributed by atoms with E-state index in [-0.39, 0.29) is 5.69 Å². The van der Waals surface area contributed by atoms with Crippen molar-refractivity contribution in [3.05, 3.63) is 11.9 Å². The molecule has 0 saturated heterocycles. The topological polar surface area (TPSA) is 80.0 Å². The fourth-order valence-electron chi connectivity index (χ4n) is 2.71. The highest BCUT2D eigenvalue weighted by molar-refractivity contribution is 5.84. The molecule has 0 amide bonds. The third-order valence-corrected chi connectivity index (χ3v) is 3.92. The molecule has 1 aliphatic carbocycles. The van der Waals surface area contributed by atoms with E-state index < -0.39 is 5.97 Å². The van der Waals surface area contributed by atoms with Crippen molar-refractivity contribution in [1.82, 2.24) is 20.3 Å². The van der Waals surface area contributed by atoms with Crippen LogP contribution in [0.2, 0.25) is 0 Å². The number of rotatable bonds is 6. The second kappa shape index (κ2) is 6.65. The van der Waals surface area contributed by atoms with E-state index in [9.17, 15) is 4.79 Å². The third-order valence-electron chi connectivity index (χ3n) is 3.92. The molecule has 1 atom stereocenters. The van der Waals surface area contributed by atoms with Gasteiger partial charge in [-0.1, -0.05) is 24.5 Å². The maximum atomic E-state index is 10.7. The van der Waals surface area contributed by atoms with Crippen LogP contribution in [0.4, 0.5) is 0 Å². The molecule has 1 saturated carbocycles. The molecule has 2 rings (SSSR count). The van der Waals surface area contributed by atoms with Gasteiger partial charge in [-0.2, -0.15) is 0 Å². The number of nitrogens with zero attached hydrogens (tertiary/aromatic N) is 3. The van der Waals surface area contributed by atoms with Gasteiger partial charge in [-0.05, 0) is 25.7 Å². The summed E-state index contributed by atoms with van der Waals surface area (Å²) in [4.78, 5) is 10.7. The minimum atomic E-state index is -1.03. The minimum Gasteiger partial charge on any atom is -0.476 e. The molecule has 6 heteroatoms. The molecule has 6 nitrogen and oxygen atoms in total. The largest absolute Gasteiger partial charge is 0.476 e. The molecule has 2 N–H and O–H groups in total. The van der Waals surface area contributed by atoms with Crippen molar-refractivity contribution in [2.45, 2.75) is 51.6 Å². The molecular weight excluding hydrogens is 244 g/mol. The quantitative estimate of drug-likeness (QED) is 0.816. The number of carboxylic acids is 1. The normalized spacial score (nSPS) is 18.4. The molecule has 0 unspecified atom stereocenters. The van der Waals surface area contributed by atoms with E-state index >= 15 is 0 Å². The van der Waals surface area contributed by atoms with Gasteiger partial charge in [0, 0.05) is 12.6 Å². The number of carboxylic acid groups (broad SMARTS) is 1. The summed E-state index contributed by atoms with van der Waals surface area (Å²) in [6.07, 6.45) is 8.18. The Kier molecular flexibility index (Phi) is 4.90.